The molecule has 0 bridgehead atoms. The first kappa shape index (κ1) is 24.5. The number of ether oxygens (including phenoxy) is 3. The van der Waals surface area contributed by atoms with Gasteiger partial charge in [0.25, 0.3) is 5.56 Å². The minimum atomic E-state index is -0.434. The van der Waals surface area contributed by atoms with E-state index in [0.717, 1.165) is 18.5 Å². The van der Waals surface area contributed by atoms with Gasteiger partial charge in [0.15, 0.2) is 11.5 Å². The molecule has 186 valence electrons. The summed E-state index contributed by atoms with van der Waals surface area (Å²) in [7, 11) is 3.17. The van der Waals surface area contributed by atoms with Crippen LogP contribution in [0, 0.1) is 5.92 Å². The van der Waals surface area contributed by atoms with E-state index >= 15 is 0 Å². The number of carbonyl (C=O) groups excluding carboxylic acids is 1. The number of carbonyl (C=O) groups is 1. The lowest BCUT2D eigenvalue weighted by Crippen LogP contribution is -2.46. The van der Waals surface area contributed by atoms with Gasteiger partial charge in [-0.2, -0.15) is 0 Å². The fraction of sp³-hybridized carbons (Fsp3) is 0.423. The van der Waals surface area contributed by atoms with E-state index in [1.165, 1.54) is 4.57 Å². The number of hydrogen-bond acceptors (Lipinski definition) is 7. The maximum absolute atomic E-state index is 12.9. The summed E-state index contributed by atoms with van der Waals surface area (Å²) in [6.07, 6.45) is 0.724. The average Bonchev–Trinajstić information content (AvgIpc) is 2.88. The third kappa shape index (κ3) is 5.09. The van der Waals surface area contributed by atoms with Crippen LogP contribution in [-0.2, 0) is 16.1 Å². The van der Waals surface area contributed by atoms with Crippen LogP contribution in [0.4, 0.5) is 0 Å². The predicted octanol–water partition coefficient (Wildman–Crippen LogP) is 2.38. The molecule has 2 unspecified atom stereocenters. The summed E-state index contributed by atoms with van der Waals surface area (Å²) in [5.74, 6) is 0.570. The van der Waals surface area contributed by atoms with E-state index in [1.807, 2.05) is 18.2 Å². The van der Waals surface area contributed by atoms with Gasteiger partial charge in [-0.05, 0) is 55.6 Å². The maximum atomic E-state index is 12.9. The zero-order valence-corrected chi connectivity index (χ0v) is 20.3. The van der Waals surface area contributed by atoms with Crippen molar-refractivity contribution in [3.8, 4) is 11.5 Å². The Balaban J connectivity index is 1.54. The lowest BCUT2D eigenvalue weighted by molar-refractivity contribution is -0.150. The molecule has 0 aliphatic carbocycles. The van der Waals surface area contributed by atoms with Gasteiger partial charge in [0.2, 0.25) is 0 Å². The highest BCUT2D eigenvalue weighted by Gasteiger charge is 2.36. The van der Waals surface area contributed by atoms with Gasteiger partial charge in [-0.25, -0.2) is 4.79 Å². The largest absolute Gasteiger partial charge is 0.493 e. The summed E-state index contributed by atoms with van der Waals surface area (Å²) in [6.45, 7) is 3.98. The second kappa shape index (κ2) is 10.8. The van der Waals surface area contributed by atoms with E-state index in [4.69, 9.17) is 14.2 Å². The van der Waals surface area contributed by atoms with Crippen LogP contribution in [0.15, 0.2) is 52.1 Å². The topological polar surface area (TPSA) is 103 Å². The van der Waals surface area contributed by atoms with E-state index < -0.39 is 5.69 Å². The van der Waals surface area contributed by atoms with Crippen LogP contribution in [0.2, 0.25) is 0 Å². The molecule has 2 aromatic carbocycles. The SMILES string of the molecule is CCOC(=O)C1CN(CCn2c(=O)[nH]c3ccccc3c2=O)CCC1c1ccc(OC)c(OC)c1. The van der Waals surface area contributed by atoms with Crippen LogP contribution in [0.25, 0.3) is 10.9 Å². The Morgan fingerprint density at radius 2 is 1.83 bits per heavy atom. The second-order valence-corrected chi connectivity index (χ2v) is 8.60. The minimum Gasteiger partial charge on any atom is -0.493 e. The Morgan fingerprint density at radius 1 is 1.06 bits per heavy atom. The van der Waals surface area contributed by atoms with Crippen molar-refractivity contribution in [2.75, 3.05) is 40.5 Å². The third-order valence-electron chi connectivity index (χ3n) is 6.65. The first-order valence-corrected chi connectivity index (χ1v) is 11.8. The lowest BCUT2D eigenvalue weighted by atomic mass is 9.80. The highest BCUT2D eigenvalue weighted by molar-refractivity contribution is 5.77. The van der Waals surface area contributed by atoms with Crippen molar-refractivity contribution in [3.63, 3.8) is 0 Å². The van der Waals surface area contributed by atoms with Gasteiger partial charge in [-0.15, -0.1) is 0 Å². The van der Waals surface area contributed by atoms with Crippen molar-refractivity contribution in [3.05, 3.63) is 68.9 Å². The Kier molecular flexibility index (Phi) is 7.55. The number of para-hydroxylation sites is 1. The molecular weight excluding hydrogens is 450 g/mol. The number of hydrogen-bond donors (Lipinski definition) is 1. The molecule has 0 saturated carbocycles. The lowest BCUT2D eigenvalue weighted by Gasteiger charge is -2.37. The molecule has 1 aliphatic heterocycles. The number of aromatic amines is 1. The van der Waals surface area contributed by atoms with E-state index in [1.54, 1.807) is 45.4 Å². The number of likely N-dealkylation sites (tertiary alicyclic amines) is 1. The smallest absolute Gasteiger partial charge is 0.328 e. The molecule has 0 amide bonds. The van der Waals surface area contributed by atoms with Gasteiger partial charge in [0.1, 0.15) is 0 Å². The van der Waals surface area contributed by atoms with E-state index in [9.17, 15) is 14.4 Å². The quantitative estimate of drug-likeness (QED) is 0.493. The van der Waals surface area contributed by atoms with E-state index in [2.05, 4.69) is 9.88 Å². The molecule has 9 nitrogen and oxygen atoms in total. The van der Waals surface area contributed by atoms with Crippen LogP contribution >= 0.6 is 0 Å². The van der Waals surface area contributed by atoms with Crippen LogP contribution < -0.4 is 20.7 Å². The molecule has 1 aromatic heterocycles. The third-order valence-corrected chi connectivity index (χ3v) is 6.65. The first-order chi connectivity index (χ1) is 17.0. The van der Waals surface area contributed by atoms with Crippen molar-refractivity contribution >= 4 is 16.9 Å². The zero-order chi connectivity index (χ0) is 24.9. The molecule has 2 atom stereocenters. The molecule has 1 fully saturated rings. The number of aromatic nitrogens is 2. The maximum Gasteiger partial charge on any atom is 0.328 e. The number of methoxy groups -OCH3 is 2. The molecule has 4 rings (SSSR count). The van der Waals surface area contributed by atoms with Crippen LogP contribution in [0.5, 0.6) is 11.5 Å². The molecule has 9 heteroatoms. The summed E-state index contributed by atoms with van der Waals surface area (Å²) in [5.41, 5.74) is 0.766. The first-order valence-electron chi connectivity index (χ1n) is 11.8. The Bertz CT molecular complexity index is 1310. The number of rotatable bonds is 8. The Morgan fingerprint density at radius 3 is 2.57 bits per heavy atom. The fourth-order valence-electron chi connectivity index (χ4n) is 4.84. The Labute approximate surface area is 203 Å². The van der Waals surface area contributed by atoms with Crippen molar-refractivity contribution in [2.24, 2.45) is 5.92 Å². The molecule has 2 heterocycles. The molecule has 0 radical (unpaired) electrons. The molecule has 0 spiro atoms. The van der Waals surface area contributed by atoms with Gasteiger partial charge in [-0.3, -0.25) is 14.2 Å². The zero-order valence-electron chi connectivity index (χ0n) is 20.3. The number of fused-ring (bicyclic) bond motifs is 1. The normalized spacial score (nSPS) is 18.4. The number of nitrogens with one attached hydrogen (secondary N) is 1. The van der Waals surface area contributed by atoms with Gasteiger partial charge in [-0.1, -0.05) is 18.2 Å². The summed E-state index contributed by atoms with van der Waals surface area (Å²) < 4.78 is 17.4. The molecule has 3 aromatic rings. The van der Waals surface area contributed by atoms with E-state index in [-0.39, 0.29) is 29.9 Å². The molecular formula is C26H31N3O6. The number of H-pyrrole nitrogens is 1. The van der Waals surface area contributed by atoms with Gasteiger partial charge in [0.05, 0.1) is 37.6 Å². The standard InChI is InChI=1S/C26H31N3O6/c1-4-35-25(31)20-16-28(12-11-18(20)17-9-10-22(33-2)23(15-17)34-3)13-14-29-24(30)19-7-5-6-8-21(19)27-26(29)32/h5-10,15,18,20H,4,11-14,16H2,1-3H3,(H,27,32). The summed E-state index contributed by atoms with van der Waals surface area (Å²) in [4.78, 5) is 43.2. The molecule has 35 heavy (non-hydrogen) atoms. The van der Waals surface area contributed by atoms with Gasteiger partial charge < -0.3 is 24.1 Å². The number of nitrogens with zero attached hydrogens (tertiary/aromatic N) is 2. The Hall–Kier alpha value is -3.59. The fourth-order valence-corrected chi connectivity index (χ4v) is 4.84. The van der Waals surface area contributed by atoms with Crippen molar-refractivity contribution < 1.29 is 19.0 Å². The minimum absolute atomic E-state index is 0.0445. The summed E-state index contributed by atoms with van der Waals surface area (Å²) in [6, 6.07) is 12.7. The van der Waals surface area contributed by atoms with Crippen molar-refractivity contribution in [1.82, 2.24) is 14.5 Å². The van der Waals surface area contributed by atoms with Gasteiger partial charge in [0, 0.05) is 19.6 Å². The van der Waals surface area contributed by atoms with Crippen LogP contribution in [0.3, 0.4) is 0 Å². The molecule has 1 aliphatic rings. The number of piperidine rings is 1. The van der Waals surface area contributed by atoms with Crippen LogP contribution in [-0.4, -0.2) is 60.9 Å². The number of esters is 1. The predicted molar refractivity (Wildman–Crippen MR) is 132 cm³/mol. The van der Waals surface area contributed by atoms with Crippen LogP contribution in [0.1, 0.15) is 24.8 Å². The van der Waals surface area contributed by atoms with Gasteiger partial charge >= 0.3 is 11.7 Å². The highest BCUT2D eigenvalue weighted by atomic mass is 16.5. The van der Waals surface area contributed by atoms with E-state index in [0.29, 0.717) is 42.1 Å². The average molecular weight is 482 g/mol. The van der Waals surface area contributed by atoms with Crippen molar-refractivity contribution in [1.29, 1.82) is 0 Å². The summed E-state index contributed by atoms with van der Waals surface area (Å²) in [5, 5.41) is 0.476. The number of benzene rings is 2. The molecule has 1 saturated heterocycles. The van der Waals surface area contributed by atoms with Crippen molar-refractivity contribution in [2.45, 2.75) is 25.8 Å². The molecule has 1 N–H and O–H groups in total. The summed E-state index contributed by atoms with van der Waals surface area (Å²) >= 11 is 0. The second-order valence-electron chi connectivity index (χ2n) is 8.60. The monoisotopic (exact) mass is 481 g/mol. The highest BCUT2D eigenvalue weighted by Crippen LogP contribution is 2.38.